The van der Waals surface area contributed by atoms with Gasteiger partial charge in [-0.2, -0.15) is 0 Å². The van der Waals surface area contributed by atoms with E-state index in [2.05, 4.69) is 39.8 Å². The molecule has 4 rings (SSSR count). The molecular formula is C19H19N3O2S. The Balaban J connectivity index is 1.50. The molecule has 2 N–H and O–H groups in total. The van der Waals surface area contributed by atoms with Crippen LogP contribution in [0.1, 0.15) is 12.8 Å². The minimum absolute atomic E-state index is 0.0848. The largest absolute Gasteiger partial charge is 0.354 e. The molecule has 0 bridgehead atoms. The molecule has 0 saturated carbocycles. The van der Waals surface area contributed by atoms with Crippen molar-refractivity contribution < 1.29 is 9.59 Å². The zero-order valence-corrected chi connectivity index (χ0v) is 14.5. The molecule has 0 aliphatic carbocycles. The third-order valence-electron chi connectivity index (χ3n) is 4.48. The Bertz CT molecular complexity index is 778. The number of hydrogen-bond donors (Lipinski definition) is 2. The number of hydrogen-bond acceptors (Lipinski definition) is 4. The predicted octanol–water partition coefficient (Wildman–Crippen LogP) is 2.68. The second-order valence-electron chi connectivity index (χ2n) is 6.14. The van der Waals surface area contributed by atoms with E-state index in [1.54, 1.807) is 11.8 Å². The maximum atomic E-state index is 12.3. The number of anilines is 2. The molecule has 2 aromatic carbocycles. The van der Waals surface area contributed by atoms with Crippen LogP contribution in [0.25, 0.3) is 0 Å². The first-order chi connectivity index (χ1) is 12.2. The number of nitrogens with zero attached hydrogens (tertiary/aromatic N) is 1. The van der Waals surface area contributed by atoms with Crippen LogP contribution < -0.4 is 15.5 Å². The average molecular weight is 353 g/mol. The van der Waals surface area contributed by atoms with Gasteiger partial charge in [-0.3, -0.25) is 9.59 Å². The van der Waals surface area contributed by atoms with E-state index in [1.807, 2.05) is 24.3 Å². The molecule has 1 saturated heterocycles. The lowest BCUT2D eigenvalue weighted by atomic mass is 10.2. The molecule has 0 unspecified atom stereocenters. The molecule has 25 heavy (non-hydrogen) atoms. The summed E-state index contributed by atoms with van der Waals surface area (Å²) in [5.41, 5.74) is 2.25. The minimum atomic E-state index is -0.385. The Kier molecular flexibility index (Phi) is 4.36. The Morgan fingerprint density at radius 3 is 2.36 bits per heavy atom. The van der Waals surface area contributed by atoms with E-state index in [0.717, 1.165) is 11.4 Å². The van der Waals surface area contributed by atoms with Gasteiger partial charge in [-0.05, 0) is 30.7 Å². The van der Waals surface area contributed by atoms with E-state index in [-0.39, 0.29) is 17.9 Å². The van der Waals surface area contributed by atoms with Crippen molar-refractivity contribution in [1.82, 2.24) is 10.6 Å². The van der Waals surface area contributed by atoms with Crippen molar-refractivity contribution in [2.24, 2.45) is 0 Å². The normalized spacial score (nSPS) is 18.3. The summed E-state index contributed by atoms with van der Waals surface area (Å²) in [7, 11) is 0. The van der Waals surface area contributed by atoms with Crippen molar-refractivity contribution in [3.05, 3.63) is 48.5 Å². The summed E-state index contributed by atoms with van der Waals surface area (Å²) in [5.74, 6) is -0.173. The number of amides is 2. The topological polar surface area (TPSA) is 61.4 Å². The first-order valence-electron chi connectivity index (χ1n) is 8.43. The second kappa shape index (κ2) is 6.80. The highest BCUT2D eigenvalue weighted by Gasteiger charge is 2.27. The van der Waals surface area contributed by atoms with E-state index >= 15 is 0 Å². The maximum Gasteiger partial charge on any atom is 0.242 e. The van der Waals surface area contributed by atoms with E-state index in [9.17, 15) is 9.59 Å². The summed E-state index contributed by atoms with van der Waals surface area (Å²) in [4.78, 5) is 28.5. The summed E-state index contributed by atoms with van der Waals surface area (Å²) in [6.45, 7) is 1.21. The van der Waals surface area contributed by atoms with Crippen LogP contribution in [0.4, 0.5) is 11.4 Å². The van der Waals surface area contributed by atoms with Crippen LogP contribution in [0.3, 0.4) is 0 Å². The fourth-order valence-electron chi connectivity index (χ4n) is 3.23. The van der Waals surface area contributed by atoms with Gasteiger partial charge in [0, 0.05) is 29.3 Å². The molecule has 6 heteroatoms. The summed E-state index contributed by atoms with van der Waals surface area (Å²) in [6.07, 6.45) is 1.01. The quantitative estimate of drug-likeness (QED) is 0.887. The second-order valence-corrected chi connectivity index (χ2v) is 7.22. The van der Waals surface area contributed by atoms with Gasteiger partial charge in [0.15, 0.2) is 0 Å². The lowest BCUT2D eigenvalue weighted by molar-refractivity contribution is -0.127. The number of carbonyl (C=O) groups excluding carboxylic acids is 2. The molecule has 128 valence electrons. The first-order valence-corrected chi connectivity index (χ1v) is 9.24. The van der Waals surface area contributed by atoms with Gasteiger partial charge in [-0.25, -0.2) is 0 Å². The van der Waals surface area contributed by atoms with Crippen LogP contribution in [-0.2, 0) is 9.59 Å². The first kappa shape index (κ1) is 16.0. The van der Waals surface area contributed by atoms with E-state index in [0.29, 0.717) is 25.9 Å². The van der Waals surface area contributed by atoms with E-state index < -0.39 is 0 Å². The van der Waals surface area contributed by atoms with Crippen molar-refractivity contribution >= 4 is 35.0 Å². The van der Waals surface area contributed by atoms with Crippen molar-refractivity contribution in [1.29, 1.82) is 0 Å². The molecule has 0 spiro atoms. The zero-order valence-electron chi connectivity index (χ0n) is 13.7. The molecule has 2 amide bonds. The monoisotopic (exact) mass is 353 g/mol. The molecule has 2 aromatic rings. The molecule has 2 aliphatic rings. The summed E-state index contributed by atoms with van der Waals surface area (Å²) in [5, 5.41) is 5.57. The Morgan fingerprint density at radius 2 is 1.76 bits per heavy atom. The number of benzene rings is 2. The lowest BCUT2D eigenvalue weighted by Crippen LogP contribution is -2.41. The van der Waals surface area contributed by atoms with Crippen LogP contribution in [0.5, 0.6) is 0 Å². The van der Waals surface area contributed by atoms with Gasteiger partial charge in [-0.15, -0.1) is 0 Å². The summed E-state index contributed by atoms with van der Waals surface area (Å²) >= 11 is 1.75. The van der Waals surface area contributed by atoms with Crippen LogP contribution >= 0.6 is 11.8 Å². The number of rotatable bonds is 4. The van der Waals surface area contributed by atoms with Gasteiger partial charge in [0.1, 0.15) is 6.04 Å². The standard InChI is InChI=1S/C19H19N3O2S/c23-18(21-13-9-11-20-19(13)24)10-12-22-14-5-1-3-7-16(14)25-17-8-4-2-6-15(17)22/h1-8,13H,9-12H2,(H,20,24)(H,21,23)/t13-/m0/s1. The molecular weight excluding hydrogens is 334 g/mol. The fraction of sp³-hybridized carbons (Fsp3) is 0.263. The Hall–Kier alpha value is -2.47. The number of nitrogens with one attached hydrogen (secondary N) is 2. The number of fused-ring (bicyclic) bond motifs is 2. The Labute approximate surface area is 150 Å². The van der Waals surface area contributed by atoms with Gasteiger partial charge in [0.2, 0.25) is 11.8 Å². The van der Waals surface area contributed by atoms with E-state index in [1.165, 1.54) is 9.79 Å². The Morgan fingerprint density at radius 1 is 1.12 bits per heavy atom. The van der Waals surface area contributed by atoms with Gasteiger partial charge in [0.25, 0.3) is 0 Å². The SMILES string of the molecule is O=C(CCN1c2ccccc2Sc2ccccc21)N[C@H]1CCNC1=O. The van der Waals surface area contributed by atoms with Crippen molar-refractivity contribution in [3.63, 3.8) is 0 Å². The van der Waals surface area contributed by atoms with Gasteiger partial charge in [-0.1, -0.05) is 36.0 Å². The lowest BCUT2D eigenvalue weighted by Gasteiger charge is -2.32. The highest BCUT2D eigenvalue weighted by atomic mass is 32.2. The maximum absolute atomic E-state index is 12.3. The molecule has 5 nitrogen and oxygen atoms in total. The summed E-state index contributed by atoms with van der Waals surface area (Å²) < 4.78 is 0. The van der Waals surface area contributed by atoms with Crippen LogP contribution in [0.2, 0.25) is 0 Å². The average Bonchev–Trinajstić information content (AvgIpc) is 3.03. The fourth-order valence-corrected chi connectivity index (χ4v) is 4.33. The number of para-hydroxylation sites is 2. The van der Waals surface area contributed by atoms with Crippen molar-refractivity contribution in [3.8, 4) is 0 Å². The van der Waals surface area contributed by atoms with Gasteiger partial charge < -0.3 is 15.5 Å². The third-order valence-corrected chi connectivity index (χ3v) is 5.61. The highest BCUT2D eigenvalue weighted by Crippen LogP contribution is 2.47. The van der Waals surface area contributed by atoms with Crippen molar-refractivity contribution in [2.45, 2.75) is 28.7 Å². The van der Waals surface area contributed by atoms with Crippen molar-refractivity contribution in [2.75, 3.05) is 18.0 Å². The van der Waals surface area contributed by atoms with Crippen LogP contribution in [0, 0.1) is 0 Å². The predicted molar refractivity (Wildman–Crippen MR) is 98.2 cm³/mol. The molecule has 0 radical (unpaired) electrons. The highest BCUT2D eigenvalue weighted by molar-refractivity contribution is 7.99. The molecule has 0 aromatic heterocycles. The van der Waals surface area contributed by atoms with Crippen LogP contribution in [-0.4, -0.2) is 30.9 Å². The minimum Gasteiger partial charge on any atom is -0.354 e. The smallest absolute Gasteiger partial charge is 0.242 e. The molecule has 2 aliphatic heterocycles. The number of carbonyl (C=O) groups is 2. The molecule has 1 fully saturated rings. The van der Waals surface area contributed by atoms with Gasteiger partial charge >= 0.3 is 0 Å². The van der Waals surface area contributed by atoms with E-state index in [4.69, 9.17) is 0 Å². The third kappa shape index (κ3) is 3.22. The zero-order chi connectivity index (χ0) is 17.2. The summed E-state index contributed by atoms with van der Waals surface area (Å²) in [6, 6.07) is 16.1. The van der Waals surface area contributed by atoms with Crippen LogP contribution in [0.15, 0.2) is 58.3 Å². The molecule has 1 atom stereocenters. The van der Waals surface area contributed by atoms with Gasteiger partial charge in [0.05, 0.1) is 11.4 Å². The molecule has 2 heterocycles.